The molecular formula is C47H30N2. The number of nitrogens with zero attached hydrogens (tertiary/aromatic N) is 2. The van der Waals surface area contributed by atoms with Crippen LogP contribution < -0.4 is 4.90 Å². The van der Waals surface area contributed by atoms with Gasteiger partial charge in [0.25, 0.3) is 0 Å². The Labute approximate surface area is 285 Å². The predicted octanol–water partition coefficient (Wildman–Crippen LogP) is 13.0. The van der Waals surface area contributed by atoms with Crippen molar-refractivity contribution < 1.29 is 0 Å². The van der Waals surface area contributed by atoms with E-state index in [0.29, 0.717) is 0 Å². The van der Waals surface area contributed by atoms with E-state index in [9.17, 15) is 0 Å². The van der Waals surface area contributed by atoms with Crippen LogP contribution in [0.2, 0.25) is 0 Å². The van der Waals surface area contributed by atoms with Gasteiger partial charge in [0.2, 0.25) is 0 Å². The molecule has 49 heavy (non-hydrogen) atoms. The highest BCUT2D eigenvalue weighted by atomic mass is 15.1. The Balaban J connectivity index is 1.14. The molecule has 0 bridgehead atoms. The monoisotopic (exact) mass is 622 g/mol. The third kappa shape index (κ3) is 4.38. The van der Waals surface area contributed by atoms with E-state index in [0.717, 1.165) is 33.9 Å². The van der Waals surface area contributed by atoms with Crippen molar-refractivity contribution in [1.82, 2.24) is 4.98 Å². The standard InChI is InChI=1S/C47H30N2/c1-2-13-33(14-3-1)49-46-24-11-10-21-41(46)37-18-7-9-20-39(37)43-30-32(26-28-47(43)49)45-23-12-22-44(48-45)31-25-27-40-36-17-5-4-15-34(36)35-16-6-8-19-38(35)42(40)29-31/h1-30H. The first-order valence-electron chi connectivity index (χ1n) is 16.8. The van der Waals surface area contributed by atoms with E-state index in [-0.39, 0.29) is 0 Å². The van der Waals surface area contributed by atoms with Crippen molar-refractivity contribution in [3.8, 4) is 44.8 Å². The summed E-state index contributed by atoms with van der Waals surface area (Å²) in [5.74, 6) is 0. The summed E-state index contributed by atoms with van der Waals surface area (Å²) >= 11 is 0. The first kappa shape index (κ1) is 27.6. The van der Waals surface area contributed by atoms with E-state index in [4.69, 9.17) is 4.98 Å². The van der Waals surface area contributed by atoms with Gasteiger partial charge in [-0.25, -0.2) is 4.98 Å². The van der Waals surface area contributed by atoms with Gasteiger partial charge < -0.3 is 4.90 Å². The molecular weight excluding hydrogens is 593 g/mol. The first-order chi connectivity index (χ1) is 24.3. The smallest absolute Gasteiger partial charge is 0.0709 e. The molecule has 2 heteroatoms. The van der Waals surface area contributed by atoms with E-state index in [2.05, 4.69) is 187 Å². The fourth-order valence-electron chi connectivity index (χ4n) is 7.76. The average Bonchev–Trinajstić information content (AvgIpc) is 3.31. The van der Waals surface area contributed by atoms with Gasteiger partial charge in [-0.15, -0.1) is 0 Å². The molecule has 8 aromatic carbocycles. The van der Waals surface area contributed by atoms with Crippen LogP contribution in [0.3, 0.4) is 0 Å². The molecule has 0 N–H and O–H groups in total. The summed E-state index contributed by atoms with van der Waals surface area (Å²) in [6, 6.07) is 65.6. The Bertz CT molecular complexity index is 2690. The van der Waals surface area contributed by atoms with E-state index in [1.54, 1.807) is 0 Å². The predicted molar refractivity (Wildman–Crippen MR) is 207 cm³/mol. The summed E-state index contributed by atoms with van der Waals surface area (Å²) in [6.45, 7) is 0. The maximum absolute atomic E-state index is 5.29. The maximum Gasteiger partial charge on any atom is 0.0709 e. The zero-order chi connectivity index (χ0) is 32.3. The van der Waals surface area contributed by atoms with Crippen LogP contribution in [0, 0.1) is 0 Å². The van der Waals surface area contributed by atoms with Gasteiger partial charge in [0, 0.05) is 27.9 Å². The van der Waals surface area contributed by atoms with Crippen molar-refractivity contribution in [1.29, 1.82) is 0 Å². The minimum Gasteiger partial charge on any atom is -0.309 e. The lowest BCUT2D eigenvalue weighted by Crippen LogP contribution is -2.10. The third-order valence-corrected chi connectivity index (χ3v) is 9.99. The molecule has 0 saturated heterocycles. The number of para-hydroxylation sites is 2. The summed E-state index contributed by atoms with van der Waals surface area (Å²) in [4.78, 5) is 7.68. The maximum atomic E-state index is 5.29. The molecule has 1 aliphatic heterocycles. The lowest BCUT2D eigenvalue weighted by atomic mass is 9.92. The molecule has 0 saturated carbocycles. The SMILES string of the molecule is c1ccc(N2c3ccccc3-c3ccccc3-c3cc(-c4cccc(-c5ccc6c7ccccc7c7ccccc7c6c5)n4)ccc32)cc1. The highest BCUT2D eigenvalue weighted by Gasteiger charge is 2.26. The Morgan fingerprint density at radius 2 is 0.796 bits per heavy atom. The molecule has 1 aromatic heterocycles. The van der Waals surface area contributed by atoms with Gasteiger partial charge in [0.15, 0.2) is 0 Å². The van der Waals surface area contributed by atoms with E-state index < -0.39 is 0 Å². The quantitative estimate of drug-likeness (QED) is 0.182. The number of hydrogen-bond acceptors (Lipinski definition) is 2. The van der Waals surface area contributed by atoms with Crippen molar-refractivity contribution in [3.63, 3.8) is 0 Å². The van der Waals surface area contributed by atoms with Gasteiger partial charge >= 0.3 is 0 Å². The lowest BCUT2D eigenvalue weighted by molar-refractivity contribution is 1.29. The molecule has 0 unspecified atom stereocenters. The van der Waals surface area contributed by atoms with Crippen molar-refractivity contribution in [2.75, 3.05) is 4.90 Å². The number of pyridine rings is 1. The number of aromatic nitrogens is 1. The molecule has 2 nitrogen and oxygen atoms in total. The first-order valence-corrected chi connectivity index (χ1v) is 16.8. The largest absolute Gasteiger partial charge is 0.309 e. The van der Waals surface area contributed by atoms with Crippen LogP contribution in [0.5, 0.6) is 0 Å². The molecule has 10 rings (SSSR count). The van der Waals surface area contributed by atoms with Crippen LogP contribution in [0.1, 0.15) is 0 Å². The van der Waals surface area contributed by atoms with E-state index in [1.165, 1.54) is 60.3 Å². The molecule has 228 valence electrons. The molecule has 2 heterocycles. The number of fused-ring (bicyclic) bond motifs is 11. The van der Waals surface area contributed by atoms with Crippen LogP contribution in [0.25, 0.3) is 77.1 Å². The molecule has 0 spiro atoms. The Kier molecular flexibility index (Phi) is 6.22. The van der Waals surface area contributed by atoms with Gasteiger partial charge in [-0.05, 0) is 92.0 Å². The fourth-order valence-corrected chi connectivity index (χ4v) is 7.76. The Hall–Kier alpha value is -6.51. The van der Waals surface area contributed by atoms with Crippen molar-refractivity contribution in [3.05, 3.63) is 182 Å². The van der Waals surface area contributed by atoms with Gasteiger partial charge in [-0.3, -0.25) is 0 Å². The highest BCUT2D eigenvalue weighted by molar-refractivity contribution is 6.25. The summed E-state index contributed by atoms with van der Waals surface area (Å²) in [5.41, 5.74) is 12.4. The topological polar surface area (TPSA) is 16.1 Å². The van der Waals surface area contributed by atoms with Crippen LogP contribution in [0.4, 0.5) is 17.1 Å². The molecule has 0 fully saturated rings. The van der Waals surface area contributed by atoms with Gasteiger partial charge in [0.1, 0.15) is 0 Å². The Morgan fingerprint density at radius 3 is 1.49 bits per heavy atom. The van der Waals surface area contributed by atoms with Gasteiger partial charge in [-0.1, -0.05) is 133 Å². The zero-order valence-corrected chi connectivity index (χ0v) is 26.7. The summed E-state index contributed by atoms with van der Waals surface area (Å²) in [5, 5.41) is 7.63. The van der Waals surface area contributed by atoms with Crippen LogP contribution in [-0.2, 0) is 0 Å². The molecule has 0 atom stereocenters. The lowest BCUT2D eigenvalue weighted by Gasteiger charge is -2.27. The van der Waals surface area contributed by atoms with Crippen molar-refractivity contribution >= 4 is 49.4 Å². The second-order valence-electron chi connectivity index (χ2n) is 12.7. The average molecular weight is 623 g/mol. The fraction of sp³-hybridized carbons (Fsp3) is 0. The number of benzene rings is 8. The van der Waals surface area contributed by atoms with Crippen molar-refractivity contribution in [2.45, 2.75) is 0 Å². The second-order valence-corrected chi connectivity index (χ2v) is 12.7. The Morgan fingerprint density at radius 1 is 0.306 bits per heavy atom. The second kappa shape index (κ2) is 11.0. The van der Waals surface area contributed by atoms with E-state index in [1.807, 2.05) is 0 Å². The van der Waals surface area contributed by atoms with Crippen molar-refractivity contribution in [2.24, 2.45) is 0 Å². The van der Waals surface area contributed by atoms with E-state index >= 15 is 0 Å². The summed E-state index contributed by atoms with van der Waals surface area (Å²) in [7, 11) is 0. The number of hydrogen-bond donors (Lipinski definition) is 0. The number of rotatable bonds is 3. The zero-order valence-electron chi connectivity index (χ0n) is 26.7. The van der Waals surface area contributed by atoms with Crippen LogP contribution in [0.15, 0.2) is 182 Å². The molecule has 0 radical (unpaired) electrons. The molecule has 1 aliphatic rings. The van der Waals surface area contributed by atoms with Crippen LogP contribution in [-0.4, -0.2) is 4.98 Å². The molecule has 9 aromatic rings. The normalized spacial score (nSPS) is 12.0. The number of anilines is 3. The third-order valence-electron chi connectivity index (χ3n) is 9.99. The molecule has 0 aliphatic carbocycles. The minimum atomic E-state index is 0.953. The van der Waals surface area contributed by atoms with Gasteiger partial charge in [0.05, 0.1) is 22.8 Å². The minimum absolute atomic E-state index is 0.953. The summed E-state index contributed by atoms with van der Waals surface area (Å²) < 4.78 is 0. The highest BCUT2D eigenvalue weighted by Crippen LogP contribution is 2.51. The summed E-state index contributed by atoms with van der Waals surface area (Å²) in [6.07, 6.45) is 0. The molecule has 0 amide bonds. The van der Waals surface area contributed by atoms with Gasteiger partial charge in [-0.2, -0.15) is 0 Å². The van der Waals surface area contributed by atoms with Crippen LogP contribution >= 0.6 is 0 Å².